The number of carbonyl (C=O) groups excluding carboxylic acids is 4. The first-order valence-corrected chi connectivity index (χ1v) is 36.0. The summed E-state index contributed by atoms with van der Waals surface area (Å²) >= 11 is 0. The van der Waals surface area contributed by atoms with Crippen molar-refractivity contribution in [2.45, 2.75) is 330 Å². The van der Waals surface area contributed by atoms with Crippen molar-refractivity contribution in [3.63, 3.8) is 0 Å². The second kappa shape index (κ2) is 55.6. The van der Waals surface area contributed by atoms with Crippen LogP contribution < -0.4 is 0 Å². The fraction of sp³-hybridized carbons (Fsp3) is 0.937. The standard InChI is InChI=1S/C63H122O17P2/c1-7-9-11-13-15-16-19-23-27-34-40-46-61(66)74-52-58(79-62(67)47-41-35-28-24-21-18-17-20-22-26-31-37-43-55(3)4)53-77-81(69,70)75-49-57(64)50-76-82(71,72)78-54-59(51-73-60(65)45-39-33-25-14-12-10-8-2)80-63(68)48-42-36-30-29-32-38-44-56(5)6/h55-59,64H,7-54H2,1-6H3,(H,69,70)(H,71,72)/t57-,58-,59-/m1/s1. The van der Waals surface area contributed by atoms with Gasteiger partial charge in [0.1, 0.15) is 19.3 Å². The molecule has 0 saturated heterocycles. The van der Waals surface area contributed by atoms with Gasteiger partial charge in [-0.15, -0.1) is 0 Å². The predicted octanol–water partition coefficient (Wildman–Crippen LogP) is 17.3. The molecule has 17 nitrogen and oxygen atoms in total. The molecular formula is C63H122O17P2. The van der Waals surface area contributed by atoms with E-state index in [1.165, 1.54) is 116 Å². The minimum Gasteiger partial charge on any atom is -0.462 e. The van der Waals surface area contributed by atoms with E-state index in [0.29, 0.717) is 31.6 Å². The van der Waals surface area contributed by atoms with E-state index in [2.05, 4.69) is 41.5 Å². The molecule has 19 heteroatoms. The minimum atomic E-state index is -4.94. The number of unbranched alkanes of at least 4 members (excludes halogenated alkanes) is 32. The molecule has 0 fully saturated rings. The zero-order chi connectivity index (χ0) is 60.8. The Morgan fingerprint density at radius 1 is 0.329 bits per heavy atom. The van der Waals surface area contributed by atoms with Crippen molar-refractivity contribution >= 4 is 39.5 Å². The zero-order valence-corrected chi connectivity index (χ0v) is 54.6. The van der Waals surface area contributed by atoms with Crippen LogP contribution in [0, 0.1) is 11.8 Å². The summed E-state index contributed by atoms with van der Waals surface area (Å²) in [6.07, 6.45) is 37.8. The smallest absolute Gasteiger partial charge is 0.462 e. The van der Waals surface area contributed by atoms with Gasteiger partial charge in [0.05, 0.1) is 26.4 Å². The maximum absolute atomic E-state index is 13.0. The van der Waals surface area contributed by atoms with Crippen LogP contribution in [-0.2, 0) is 65.4 Å². The number of hydrogen-bond donors (Lipinski definition) is 3. The number of rotatable bonds is 62. The lowest BCUT2D eigenvalue weighted by atomic mass is 10.0. The first kappa shape index (κ1) is 80.1. The quantitative estimate of drug-likeness (QED) is 0.0222. The molecule has 0 spiro atoms. The molecule has 0 aromatic carbocycles. The van der Waals surface area contributed by atoms with Gasteiger partial charge >= 0.3 is 39.5 Å². The summed E-state index contributed by atoms with van der Waals surface area (Å²) < 4.78 is 67.8. The Balaban J connectivity index is 5.20. The first-order chi connectivity index (χ1) is 39.4. The molecule has 0 heterocycles. The van der Waals surface area contributed by atoms with Crippen LogP contribution in [0.5, 0.6) is 0 Å². The number of hydrogen-bond acceptors (Lipinski definition) is 15. The summed E-state index contributed by atoms with van der Waals surface area (Å²) in [5.41, 5.74) is 0. The highest BCUT2D eigenvalue weighted by Crippen LogP contribution is 2.45. The number of esters is 4. The Morgan fingerprint density at radius 3 is 0.829 bits per heavy atom. The van der Waals surface area contributed by atoms with E-state index < -0.39 is 97.5 Å². The van der Waals surface area contributed by atoms with E-state index in [0.717, 1.165) is 109 Å². The SMILES string of the molecule is CCCCCCCCCCCCCC(=O)OC[C@H](COP(=O)(O)OC[C@@H](O)COP(=O)(O)OC[C@@H](COC(=O)CCCCCCCCC)OC(=O)CCCCCCCCC(C)C)OC(=O)CCCCCCCCCCCCCCC(C)C. The molecular weight excluding hydrogens is 1090 g/mol. The number of phosphoric ester groups is 2. The van der Waals surface area contributed by atoms with Crippen molar-refractivity contribution in [3.05, 3.63) is 0 Å². The van der Waals surface area contributed by atoms with Gasteiger partial charge in [0.15, 0.2) is 12.2 Å². The largest absolute Gasteiger partial charge is 0.472 e. The summed E-state index contributed by atoms with van der Waals surface area (Å²) in [6.45, 7) is 9.36. The molecule has 82 heavy (non-hydrogen) atoms. The van der Waals surface area contributed by atoms with Gasteiger partial charge in [-0.25, -0.2) is 9.13 Å². The van der Waals surface area contributed by atoms with E-state index in [4.69, 9.17) is 37.0 Å². The highest BCUT2D eigenvalue weighted by Gasteiger charge is 2.30. The van der Waals surface area contributed by atoms with Crippen LogP contribution in [0.2, 0.25) is 0 Å². The third-order valence-corrected chi connectivity index (χ3v) is 16.4. The fourth-order valence-corrected chi connectivity index (χ4v) is 10.9. The zero-order valence-electron chi connectivity index (χ0n) is 52.8. The van der Waals surface area contributed by atoms with Gasteiger partial charge in [-0.1, -0.05) is 260 Å². The minimum absolute atomic E-state index is 0.102. The summed E-state index contributed by atoms with van der Waals surface area (Å²) in [7, 11) is -9.88. The number of aliphatic hydroxyl groups is 1. The molecule has 0 rings (SSSR count). The van der Waals surface area contributed by atoms with Gasteiger partial charge in [0.2, 0.25) is 0 Å². The summed E-state index contributed by atoms with van der Waals surface area (Å²) in [6, 6.07) is 0. The lowest BCUT2D eigenvalue weighted by molar-refractivity contribution is -0.161. The molecule has 2 unspecified atom stereocenters. The second-order valence-electron chi connectivity index (χ2n) is 23.7. The van der Waals surface area contributed by atoms with E-state index in [-0.39, 0.29) is 25.7 Å². The Labute approximate surface area is 498 Å². The van der Waals surface area contributed by atoms with Crippen LogP contribution in [0.15, 0.2) is 0 Å². The Kier molecular flexibility index (Phi) is 54.3. The third-order valence-electron chi connectivity index (χ3n) is 14.5. The lowest BCUT2D eigenvalue weighted by Crippen LogP contribution is -2.30. The third kappa shape index (κ3) is 57.2. The molecule has 5 atom stereocenters. The summed E-state index contributed by atoms with van der Waals surface area (Å²) in [5, 5.41) is 10.5. The Hall–Kier alpha value is -1.94. The van der Waals surface area contributed by atoms with E-state index in [9.17, 15) is 43.2 Å². The van der Waals surface area contributed by atoms with Crippen molar-refractivity contribution in [1.29, 1.82) is 0 Å². The number of aliphatic hydroxyl groups excluding tert-OH is 1. The molecule has 0 aliphatic heterocycles. The van der Waals surface area contributed by atoms with Crippen LogP contribution in [0.1, 0.15) is 311 Å². The normalized spacial score (nSPS) is 14.3. The summed E-state index contributed by atoms with van der Waals surface area (Å²) in [4.78, 5) is 72.0. The van der Waals surface area contributed by atoms with Crippen molar-refractivity contribution < 1.29 is 80.2 Å². The molecule has 0 aliphatic rings. The first-order valence-electron chi connectivity index (χ1n) is 33.0. The molecule has 0 aromatic rings. The van der Waals surface area contributed by atoms with Gasteiger partial charge < -0.3 is 33.8 Å². The maximum atomic E-state index is 13.0. The maximum Gasteiger partial charge on any atom is 0.472 e. The van der Waals surface area contributed by atoms with Crippen LogP contribution in [0.25, 0.3) is 0 Å². The molecule has 0 aliphatic carbocycles. The molecule has 0 aromatic heterocycles. The molecule has 0 amide bonds. The van der Waals surface area contributed by atoms with Crippen LogP contribution in [0.3, 0.4) is 0 Å². The van der Waals surface area contributed by atoms with Crippen LogP contribution >= 0.6 is 15.6 Å². The topological polar surface area (TPSA) is 237 Å². The van der Waals surface area contributed by atoms with E-state index in [1.807, 2.05) is 0 Å². The van der Waals surface area contributed by atoms with Crippen LogP contribution in [-0.4, -0.2) is 96.7 Å². The Bertz CT molecular complexity index is 1620. The number of carbonyl (C=O) groups is 4. The lowest BCUT2D eigenvalue weighted by Gasteiger charge is -2.21. The summed E-state index contributed by atoms with van der Waals surface area (Å²) in [5.74, 6) is -0.696. The van der Waals surface area contributed by atoms with Crippen LogP contribution in [0.4, 0.5) is 0 Å². The second-order valence-corrected chi connectivity index (χ2v) is 26.7. The molecule has 0 radical (unpaired) electrons. The van der Waals surface area contributed by atoms with Gasteiger partial charge in [0, 0.05) is 25.7 Å². The van der Waals surface area contributed by atoms with E-state index >= 15 is 0 Å². The fourth-order valence-electron chi connectivity index (χ4n) is 9.35. The molecule has 3 N–H and O–H groups in total. The van der Waals surface area contributed by atoms with Gasteiger partial charge in [-0.05, 0) is 37.5 Å². The van der Waals surface area contributed by atoms with Crippen molar-refractivity contribution in [3.8, 4) is 0 Å². The predicted molar refractivity (Wildman–Crippen MR) is 326 cm³/mol. The van der Waals surface area contributed by atoms with Crippen molar-refractivity contribution in [2.24, 2.45) is 11.8 Å². The van der Waals surface area contributed by atoms with Crippen molar-refractivity contribution in [2.75, 3.05) is 39.6 Å². The highest BCUT2D eigenvalue weighted by atomic mass is 31.2. The number of phosphoric acid groups is 2. The Morgan fingerprint density at radius 2 is 0.561 bits per heavy atom. The monoisotopic (exact) mass is 1210 g/mol. The molecule has 0 bridgehead atoms. The molecule has 486 valence electrons. The number of ether oxygens (including phenoxy) is 4. The molecule has 0 saturated carbocycles. The average molecular weight is 1210 g/mol. The van der Waals surface area contributed by atoms with Crippen molar-refractivity contribution in [1.82, 2.24) is 0 Å². The van der Waals surface area contributed by atoms with E-state index in [1.54, 1.807) is 0 Å². The van der Waals surface area contributed by atoms with Gasteiger partial charge in [-0.2, -0.15) is 0 Å². The highest BCUT2D eigenvalue weighted by molar-refractivity contribution is 7.47. The van der Waals surface area contributed by atoms with Gasteiger partial charge in [0.25, 0.3) is 0 Å². The van der Waals surface area contributed by atoms with Gasteiger partial charge in [-0.3, -0.25) is 37.3 Å². The average Bonchev–Trinajstić information content (AvgIpc) is 3.45.